The molecule has 1 aliphatic rings. The first-order chi connectivity index (χ1) is 16.9. The van der Waals surface area contributed by atoms with E-state index < -0.39 is 11.6 Å². The summed E-state index contributed by atoms with van der Waals surface area (Å²) in [4.78, 5) is 16.6. The molecule has 1 heterocycles. The average molecular weight is 501 g/mol. The molecule has 0 aromatic heterocycles. The minimum absolute atomic E-state index is 0.0246. The maximum atomic E-state index is 13.5. The number of nitrogens with zero attached hydrogens (tertiary/aromatic N) is 2. The summed E-state index contributed by atoms with van der Waals surface area (Å²) >= 11 is 6.08. The predicted molar refractivity (Wildman–Crippen MR) is 131 cm³/mol. The van der Waals surface area contributed by atoms with Crippen molar-refractivity contribution in [2.45, 2.75) is 12.7 Å². The van der Waals surface area contributed by atoms with Crippen LogP contribution in [0, 0.1) is 11.6 Å². The van der Waals surface area contributed by atoms with E-state index >= 15 is 0 Å². The molecule has 0 aliphatic carbocycles. The van der Waals surface area contributed by atoms with Crippen LogP contribution in [0.2, 0.25) is 5.02 Å². The SMILES string of the molecule is COc1cccc(CO[C@@H](CN2CCN(C(=O)c3cc(F)cc(F)c3)CC2)c2ccc(Cl)cc2)c1. The zero-order valence-corrected chi connectivity index (χ0v) is 20.2. The maximum Gasteiger partial charge on any atom is 0.254 e. The van der Waals surface area contributed by atoms with Crippen molar-refractivity contribution in [1.82, 2.24) is 9.80 Å². The number of carbonyl (C=O) groups is 1. The zero-order valence-electron chi connectivity index (χ0n) is 19.4. The molecule has 0 unspecified atom stereocenters. The van der Waals surface area contributed by atoms with Gasteiger partial charge in [0.2, 0.25) is 0 Å². The standard InChI is InChI=1S/C27H27ClF2N2O3/c1-34-25-4-2-3-19(13-25)18-35-26(20-5-7-22(28)8-6-20)17-31-9-11-32(12-10-31)27(33)21-14-23(29)16-24(30)15-21/h2-8,13-16,26H,9-12,17-18H2,1H3/t26-/m0/s1. The highest BCUT2D eigenvalue weighted by atomic mass is 35.5. The van der Waals surface area contributed by atoms with Crippen LogP contribution >= 0.6 is 11.6 Å². The summed E-state index contributed by atoms with van der Waals surface area (Å²) in [6.07, 6.45) is -0.210. The fraction of sp³-hybridized carbons (Fsp3) is 0.296. The second kappa shape index (κ2) is 11.6. The van der Waals surface area contributed by atoms with Gasteiger partial charge in [0.1, 0.15) is 17.4 Å². The van der Waals surface area contributed by atoms with Gasteiger partial charge in [0.25, 0.3) is 5.91 Å². The molecule has 0 saturated carbocycles. The van der Waals surface area contributed by atoms with Crippen molar-refractivity contribution in [1.29, 1.82) is 0 Å². The lowest BCUT2D eigenvalue weighted by Gasteiger charge is -2.36. The van der Waals surface area contributed by atoms with Crippen molar-refractivity contribution < 1.29 is 23.0 Å². The summed E-state index contributed by atoms with van der Waals surface area (Å²) in [6, 6.07) is 18.2. The molecule has 1 atom stereocenters. The molecule has 4 rings (SSSR count). The normalized spacial score (nSPS) is 15.1. The third kappa shape index (κ3) is 6.78. The van der Waals surface area contributed by atoms with E-state index in [0.29, 0.717) is 44.4 Å². The van der Waals surface area contributed by atoms with Crippen molar-refractivity contribution in [3.05, 3.63) is 100 Å². The van der Waals surface area contributed by atoms with Crippen molar-refractivity contribution >= 4 is 17.5 Å². The van der Waals surface area contributed by atoms with Gasteiger partial charge in [0, 0.05) is 49.4 Å². The van der Waals surface area contributed by atoms with Crippen LogP contribution in [0.5, 0.6) is 5.75 Å². The minimum atomic E-state index is -0.758. The summed E-state index contributed by atoms with van der Waals surface area (Å²) < 4.78 is 38.7. The van der Waals surface area contributed by atoms with Crippen molar-refractivity contribution in [3.63, 3.8) is 0 Å². The molecule has 8 heteroatoms. The zero-order chi connectivity index (χ0) is 24.8. The Kier molecular flexibility index (Phi) is 8.33. The first kappa shape index (κ1) is 25.1. The molecule has 1 aliphatic heterocycles. The van der Waals surface area contributed by atoms with Gasteiger partial charge in [-0.05, 0) is 47.5 Å². The van der Waals surface area contributed by atoms with Gasteiger partial charge in [0.15, 0.2) is 0 Å². The lowest BCUT2D eigenvalue weighted by atomic mass is 10.1. The highest BCUT2D eigenvalue weighted by molar-refractivity contribution is 6.30. The van der Waals surface area contributed by atoms with E-state index in [1.165, 1.54) is 0 Å². The van der Waals surface area contributed by atoms with Crippen LogP contribution in [0.3, 0.4) is 0 Å². The molecule has 0 radical (unpaired) electrons. The Balaban J connectivity index is 1.39. The molecule has 0 N–H and O–H groups in total. The van der Waals surface area contributed by atoms with Crippen molar-refractivity contribution in [2.75, 3.05) is 39.8 Å². The number of halogens is 3. The molecule has 3 aromatic rings. The predicted octanol–water partition coefficient (Wildman–Crippen LogP) is 5.34. The molecule has 0 bridgehead atoms. The summed E-state index contributed by atoms with van der Waals surface area (Å²) in [5, 5.41) is 0.654. The molecule has 1 saturated heterocycles. The Bertz CT molecular complexity index is 1130. The summed E-state index contributed by atoms with van der Waals surface area (Å²) in [7, 11) is 1.63. The highest BCUT2D eigenvalue weighted by Crippen LogP contribution is 2.24. The van der Waals surface area contributed by atoms with Crippen molar-refractivity contribution in [2.24, 2.45) is 0 Å². The third-order valence-electron chi connectivity index (χ3n) is 6.02. The number of hydrogen-bond acceptors (Lipinski definition) is 4. The maximum absolute atomic E-state index is 13.5. The molecule has 3 aromatic carbocycles. The number of ether oxygens (including phenoxy) is 2. The Morgan fingerprint density at radius 1 is 0.971 bits per heavy atom. The number of benzene rings is 3. The van der Waals surface area contributed by atoms with Crippen LogP contribution in [0.15, 0.2) is 66.7 Å². The molecule has 0 spiro atoms. The Morgan fingerprint density at radius 3 is 2.31 bits per heavy atom. The largest absolute Gasteiger partial charge is 0.497 e. The van der Waals surface area contributed by atoms with E-state index in [9.17, 15) is 13.6 Å². The van der Waals surface area contributed by atoms with Gasteiger partial charge in [0.05, 0.1) is 19.8 Å². The number of amides is 1. The van der Waals surface area contributed by atoms with E-state index in [2.05, 4.69) is 4.90 Å². The number of methoxy groups -OCH3 is 1. The Labute approximate surface area is 208 Å². The monoisotopic (exact) mass is 500 g/mol. The van der Waals surface area contributed by atoms with Gasteiger partial charge in [-0.25, -0.2) is 8.78 Å². The third-order valence-corrected chi connectivity index (χ3v) is 6.27. The first-order valence-corrected chi connectivity index (χ1v) is 11.8. The van der Waals surface area contributed by atoms with Crippen LogP contribution in [0.25, 0.3) is 0 Å². The van der Waals surface area contributed by atoms with E-state index in [-0.39, 0.29) is 17.6 Å². The first-order valence-electron chi connectivity index (χ1n) is 11.4. The summed E-state index contributed by atoms with van der Waals surface area (Å²) in [6.45, 7) is 3.20. The number of rotatable bonds is 8. The van der Waals surface area contributed by atoms with Gasteiger partial charge >= 0.3 is 0 Å². The van der Waals surface area contributed by atoms with Gasteiger partial charge in [-0.15, -0.1) is 0 Å². The van der Waals surface area contributed by atoms with Crippen LogP contribution in [0.4, 0.5) is 8.78 Å². The fourth-order valence-corrected chi connectivity index (χ4v) is 4.24. The smallest absolute Gasteiger partial charge is 0.254 e. The molecular weight excluding hydrogens is 474 g/mol. The quantitative estimate of drug-likeness (QED) is 0.418. The molecule has 184 valence electrons. The van der Waals surface area contributed by atoms with Gasteiger partial charge < -0.3 is 14.4 Å². The topological polar surface area (TPSA) is 42.0 Å². The number of hydrogen-bond donors (Lipinski definition) is 0. The Morgan fingerprint density at radius 2 is 1.66 bits per heavy atom. The number of carbonyl (C=O) groups excluding carboxylic acids is 1. The molecule has 1 amide bonds. The van der Waals surface area contributed by atoms with Gasteiger partial charge in [-0.2, -0.15) is 0 Å². The minimum Gasteiger partial charge on any atom is -0.497 e. The lowest BCUT2D eigenvalue weighted by Crippen LogP contribution is -2.49. The molecule has 35 heavy (non-hydrogen) atoms. The van der Waals surface area contributed by atoms with E-state index in [4.69, 9.17) is 21.1 Å². The summed E-state index contributed by atoms with van der Waals surface area (Å²) in [5.74, 6) is -1.11. The Hall–Kier alpha value is -3.00. The van der Waals surface area contributed by atoms with Gasteiger partial charge in [-0.3, -0.25) is 9.69 Å². The van der Waals surface area contributed by atoms with Crippen LogP contribution in [-0.2, 0) is 11.3 Å². The van der Waals surface area contributed by atoms with E-state index in [1.54, 1.807) is 12.0 Å². The highest BCUT2D eigenvalue weighted by Gasteiger charge is 2.25. The molecule has 5 nitrogen and oxygen atoms in total. The van der Waals surface area contributed by atoms with Crippen LogP contribution < -0.4 is 4.74 Å². The number of piperazine rings is 1. The van der Waals surface area contributed by atoms with Crippen LogP contribution in [0.1, 0.15) is 27.6 Å². The second-order valence-electron chi connectivity index (χ2n) is 8.45. The summed E-state index contributed by atoms with van der Waals surface area (Å²) in [5.41, 5.74) is 2.03. The van der Waals surface area contributed by atoms with E-state index in [0.717, 1.165) is 35.1 Å². The molecule has 1 fully saturated rings. The van der Waals surface area contributed by atoms with E-state index in [1.807, 2.05) is 48.5 Å². The van der Waals surface area contributed by atoms with Crippen LogP contribution in [-0.4, -0.2) is 55.5 Å². The fourth-order valence-electron chi connectivity index (χ4n) is 4.12. The lowest BCUT2D eigenvalue weighted by molar-refractivity contribution is 0.00336. The molecular formula is C27H27ClF2N2O3. The van der Waals surface area contributed by atoms with Crippen molar-refractivity contribution in [3.8, 4) is 5.75 Å². The van der Waals surface area contributed by atoms with Gasteiger partial charge in [-0.1, -0.05) is 35.9 Å². The second-order valence-corrected chi connectivity index (χ2v) is 8.89. The average Bonchev–Trinajstić information content (AvgIpc) is 2.86.